The number of ether oxygens (including phenoxy) is 5. The fourth-order valence-corrected chi connectivity index (χ4v) is 3.19. The molecule has 150 valence electrons. The molecule has 7 nitrogen and oxygen atoms in total. The van der Waals surface area contributed by atoms with Crippen molar-refractivity contribution in [3.8, 4) is 11.5 Å². The highest BCUT2D eigenvalue weighted by Gasteiger charge is 2.51. The fraction of sp³-hybridized carbons (Fsp3) is 0.550. The largest absolute Gasteiger partial charge is 0.493 e. The molecule has 27 heavy (non-hydrogen) atoms. The fourth-order valence-electron chi connectivity index (χ4n) is 3.19. The molecule has 0 saturated carbocycles. The third-order valence-electron chi connectivity index (χ3n) is 5.04. The zero-order valence-electron chi connectivity index (χ0n) is 16.5. The molecule has 0 bridgehead atoms. The van der Waals surface area contributed by atoms with Crippen LogP contribution in [-0.4, -0.2) is 50.4 Å². The number of hydrogen-bond donors (Lipinski definition) is 1. The zero-order valence-corrected chi connectivity index (χ0v) is 16.5. The van der Waals surface area contributed by atoms with Crippen molar-refractivity contribution in [2.45, 2.75) is 44.9 Å². The number of methoxy groups -OCH3 is 3. The smallest absolute Gasteiger partial charge is 0.338 e. The Hall–Kier alpha value is -2.09. The topological polar surface area (TPSA) is 83.5 Å². The summed E-state index contributed by atoms with van der Waals surface area (Å²) in [5.74, 6) is -1.36. The van der Waals surface area contributed by atoms with Crippen molar-refractivity contribution in [1.29, 1.82) is 0 Å². The van der Waals surface area contributed by atoms with Gasteiger partial charge in [-0.3, -0.25) is 0 Å². The average Bonchev–Trinajstić information content (AvgIpc) is 2.65. The Balaban J connectivity index is 2.22. The molecule has 0 aliphatic carbocycles. The lowest BCUT2D eigenvalue weighted by atomic mass is 9.85. The predicted octanol–water partition coefficient (Wildman–Crippen LogP) is 3.02. The molecule has 1 heterocycles. The summed E-state index contributed by atoms with van der Waals surface area (Å²) in [5.41, 5.74) is 1.61. The van der Waals surface area contributed by atoms with Gasteiger partial charge < -0.3 is 28.8 Å². The molecular weight excluding hydrogens is 352 g/mol. The Labute approximate surface area is 159 Å². The molecule has 0 aromatic heterocycles. The molecule has 1 aromatic rings. The van der Waals surface area contributed by atoms with Crippen molar-refractivity contribution < 1.29 is 33.6 Å². The van der Waals surface area contributed by atoms with E-state index in [1.54, 1.807) is 25.3 Å². The van der Waals surface area contributed by atoms with E-state index in [0.717, 1.165) is 11.1 Å². The van der Waals surface area contributed by atoms with Crippen LogP contribution in [0.25, 0.3) is 0 Å². The van der Waals surface area contributed by atoms with E-state index in [1.807, 2.05) is 13.8 Å². The van der Waals surface area contributed by atoms with Crippen molar-refractivity contribution in [2.24, 2.45) is 5.92 Å². The molecule has 0 radical (unpaired) electrons. The maximum atomic E-state index is 11.9. The van der Waals surface area contributed by atoms with Gasteiger partial charge in [-0.25, -0.2) is 4.79 Å². The number of rotatable bonds is 8. The highest BCUT2D eigenvalue weighted by atomic mass is 16.7. The molecule has 1 aliphatic rings. The molecule has 4 atom stereocenters. The van der Waals surface area contributed by atoms with Gasteiger partial charge in [0.1, 0.15) is 0 Å². The van der Waals surface area contributed by atoms with E-state index in [4.69, 9.17) is 23.7 Å². The first-order chi connectivity index (χ1) is 12.8. The maximum Gasteiger partial charge on any atom is 0.338 e. The van der Waals surface area contributed by atoms with Crippen LogP contribution in [0.1, 0.15) is 25.8 Å². The standard InChI is InChI=1S/C20H28O7/c1-12-10-20(25-6,27-14(3)13(12)2)18(19(21)22)26-11-15-7-8-16(23-4)17(9-15)24-5/h7-9,13-14,18H,1,10-11H2,2-6H3,(H,21,22)/t13-,14-,18+,20-/m1/s1. The molecule has 0 unspecified atom stereocenters. The monoisotopic (exact) mass is 380 g/mol. The summed E-state index contributed by atoms with van der Waals surface area (Å²) in [5, 5.41) is 9.76. The lowest BCUT2D eigenvalue weighted by Gasteiger charge is -2.45. The van der Waals surface area contributed by atoms with Crippen LogP contribution in [0.5, 0.6) is 11.5 Å². The van der Waals surface area contributed by atoms with Crippen molar-refractivity contribution >= 4 is 5.97 Å². The highest BCUT2D eigenvalue weighted by Crippen LogP contribution is 2.39. The van der Waals surface area contributed by atoms with Crippen molar-refractivity contribution in [3.05, 3.63) is 35.9 Å². The van der Waals surface area contributed by atoms with Crippen LogP contribution in [-0.2, 0) is 25.6 Å². The van der Waals surface area contributed by atoms with Crippen molar-refractivity contribution in [1.82, 2.24) is 0 Å². The minimum Gasteiger partial charge on any atom is -0.493 e. The lowest BCUT2D eigenvalue weighted by Crippen LogP contribution is -2.57. The summed E-state index contributed by atoms with van der Waals surface area (Å²) in [6.45, 7) is 7.96. The van der Waals surface area contributed by atoms with E-state index in [2.05, 4.69) is 6.58 Å². The van der Waals surface area contributed by atoms with Crippen LogP contribution in [0.4, 0.5) is 0 Å². The maximum absolute atomic E-state index is 11.9. The summed E-state index contributed by atoms with van der Waals surface area (Å²) in [6.07, 6.45) is -1.31. The lowest BCUT2D eigenvalue weighted by molar-refractivity contribution is -0.309. The van der Waals surface area contributed by atoms with E-state index in [1.165, 1.54) is 14.2 Å². The molecule has 0 amide bonds. The zero-order chi connectivity index (χ0) is 20.2. The second-order valence-corrected chi connectivity index (χ2v) is 6.68. The Morgan fingerprint density at radius 1 is 1.30 bits per heavy atom. The Kier molecular flexibility index (Phi) is 6.86. The second kappa shape index (κ2) is 8.73. The van der Waals surface area contributed by atoms with Crippen LogP contribution < -0.4 is 9.47 Å². The van der Waals surface area contributed by atoms with Gasteiger partial charge in [-0.1, -0.05) is 25.1 Å². The number of carbonyl (C=O) groups is 1. The number of benzene rings is 1. The molecule has 2 rings (SSSR count). The van der Waals surface area contributed by atoms with Gasteiger partial charge in [-0.2, -0.15) is 0 Å². The number of carboxylic acid groups (broad SMARTS) is 1. The normalized spacial score (nSPS) is 26.5. The van der Waals surface area contributed by atoms with Crippen molar-refractivity contribution in [2.75, 3.05) is 21.3 Å². The third-order valence-corrected chi connectivity index (χ3v) is 5.04. The summed E-state index contributed by atoms with van der Waals surface area (Å²) >= 11 is 0. The van der Waals surface area contributed by atoms with Gasteiger partial charge in [-0.15, -0.1) is 0 Å². The van der Waals surface area contributed by atoms with Gasteiger partial charge in [0, 0.05) is 19.4 Å². The summed E-state index contributed by atoms with van der Waals surface area (Å²) in [4.78, 5) is 11.9. The predicted molar refractivity (Wildman–Crippen MR) is 99.0 cm³/mol. The summed E-state index contributed by atoms with van der Waals surface area (Å²) in [6, 6.07) is 5.26. The number of aliphatic carboxylic acids is 1. The molecule has 1 aromatic carbocycles. The Bertz CT molecular complexity index is 687. The van der Waals surface area contributed by atoms with Crippen LogP contribution >= 0.6 is 0 Å². The molecular formula is C20H28O7. The first-order valence-electron chi connectivity index (χ1n) is 8.74. The van der Waals surface area contributed by atoms with E-state index >= 15 is 0 Å². The van der Waals surface area contributed by atoms with Crippen molar-refractivity contribution in [3.63, 3.8) is 0 Å². The van der Waals surface area contributed by atoms with Gasteiger partial charge in [0.25, 0.3) is 0 Å². The minimum atomic E-state index is -1.43. The molecule has 1 aliphatic heterocycles. The van der Waals surface area contributed by atoms with Crippen LogP contribution in [0.15, 0.2) is 30.4 Å². The van der Waals surface area contributed by atoms with Gasteiger partial charge in [0.05, 0.1) is 26.9 Å². The Morgan fingerprint density at radius 2 is 1.96 bits per heavy atom. The van der Waals surface area contributed by atoms with Gasteiger partial charge in [-0.05, 0) is 24.6 Å². The van der Waals surface area contributed by atoms with E-state index in [9.17, 15) is 9.90 Å². The third kappa shape index (κ3) is 4.43. The average molecular weight is 380 g/mol. The number of hydrogen-bond acceptors (Lipinski definition) is 6. The van der Waals surface area contributed by atoms with Gasteiger partial charge >= 0.3 is 5.97 Å². The molecule has 1 fully saturated rings. The van der Waals surface area contributed by atoms with E-state index < -0.39 is 17.9 Å². The molecule has 1 N–H and O–H groups in total. The first kappa shape index (κ1) is 21.2. The number of carboxylic acids is 1. The Morgan fingerprint density at radius 3 is 2.48 bits per heavy atom. The van der Waals surface area contributed by atoms with Crippen LogP contribution in [0.3, 0.4) is 0 Å². The summed E-state index contributed by atoms with van der Waals surface area (Å²) in [7, 11) is 4.50. The first-order valence-corrected chi connectivity index (χ1v) is 8.74. The molecule has 0 spiro atoms. The van der Waals surface area contributed by atoms with E-state index in [0.29, 0.717) is 11.5 Å². The molecule has 1 saturated heterocycles. The quantitative estimate of drug-likeness (QED) is 0.694. The van der Waals surface area contributed by atoms with E-state index in [-0.39, 0.29) is 25.0 Å². The van der Waals surface area contributed by atoms with Gasteiger partial charge in [0.15, 0.2) is 11.5 Å². The summed E-state index contributed by atoms with van der Waals surface area (Å²) < 4.78 is 27.7. The van der Waals surface area contributed by atoms with Gasteiger partial charge in [0.2, 0.25) is 11.9 Å². The molecule has 7 heteroatoms. The minimum absolute atomic E-state index is 0.0439. The highest BCUT2D eigenvalue weighted by molar-refractivity contribution is 5.74. The SMILES string of the molecule is C=C1C[C@](OC)([C@@H](OCc2ccc(OC)c(OC)c2)C(=O)O)O[C@H](C)[C@@H]1C. The second-order valence-electron chi connectivity index (χ2n) is 6.68. The van der Waals surface area contributed by atoms with Crippen LogP contribution in [0.2, 0.25) is 0 Å². The van der Waals surface area contributed by atoms with Crippen LogP contribution in [0, 0.1) is 5.92 Å².